The smallest absolute Gasteiger partial charge is 0.272 e. The molecular weight excluding hydrogens is 420 g/mol. The van der Waals surface area contributed by atoms with Gasteiger partial charge >= 0.3 is 0 Å². The van der Waals surface area contributed by atoms with Crippen LogP contribution >= 0.6 is 38.9 Å². The van der Waals surface area contributed by atoms with Gasteiger partial charge in [0.05, 0.1) is 10.2 Å². The van der Waals surface area contributed by atoms with Gasteiger partial charge in [0.1, 0.15) is 0 Å². The number of aromatic nitrogens is 1. The predicted octanol–water partition coefficient (Wildman–Crippen LogP) is 5.45. The molecule has 3 nitrogen and oxygen atoms in total. The van der Waals surface area contributed by atoms with Gasteiger partial charge in [-0.15, -0.1) is 6.58 Å². The highest BCUT2D eigenvalue weighted by atomic mass is 79.9. The Morgan fingerprint density at radius 1 is 1.32 bits per heavy atom. The molecule has 0 N–H and O–H groups in total. The predicted molar refractivity (Wildman–Crippen MR) is 109 cm³/mol. The summed E-state index contributed by atoms with van der Waals surface area (Å²) < 4.78 is 4.02. The van der Waals surface area contributed by atoms with Gasteiger partial charge in [-0.1, -0.05) is 63.1 Å². The molecular formula is C19H14BrClN2OS. The summed E-state index contributed by atoms with van der Waals surface area (Å²) in [5.74, 6) is -0.330. The van der Waals surface area contributed by atoms with E-state index < -0.39 is 0 Å². The number of nitrogens with zero attached hydrogens (tertiary/aromatic N) is 2. The minimum Gasteiger partial charge on any atom is -0.312 e. The fraction of sp³-hybridized carbons (Fsp3) is 0.0526. The second-order valence-electron chi connectivity index (χ2n) is 5.20. The van der Waals surface area contributed by atoms with E-state index in [1.807, 2.05) is 41.0 Å². The molecule has 0 bridgehead atoms. The summed E-state index contributed by atoms with van der Waals surface area (Å²) in [5.41, 5.74) is 1.81. The van der Waals surface area contributed by atoms with E-state index in [4.69, 9.17) is 11.6 Å². The fourth-order valence-electron chi connectivity index (χ4n) is 2.34. The van der Waals surface area contributed by atoms with E-state index >= 15 is 0 Å². The molecule has 0 aliphatic rings. The highest BCUT2D eigenvalue weighted by Gasteiger charge is 2.06. The Morgan fingerprint density at radius 3 is 2.88 bits per heavy atom. The quantitative estimate of drug-likeness (QED) is 0.398. The van der Waals surface area contributed by atoms with Crippen molar-refractivity contribution in [2.24, 2.45) is 4.99 Å². The van der Waals surface area contributed by atoms with Crippen LogP contribution in [0.2, 0.25) is 5.02 Å². The van der Waals surface area contributed by atoms with Crippen LogP contribution in [0.4, 0.5) is 0 Å². The van der Waals surface area contributed by atoms with Crippen LogP contribution in [0.3, 0.4) is 0 Å². The average Bonchev–Trinajstić information content (AvgIpc) is 2.91. The lowest BCUT2D eigenvalue weighted by Gasteiger charge is -2.00. The van der Waals surface area contributed by atoms with Crippen LogP contribution in [-0.2, 0) is 11.3 Å². The van der Waals surface area contributed by atoms with E-state index in [9.17, 15) is 4.79 Å². The number of hydrogen-bond acceptors (Lipinski definition) is 2. The van der Waals surface area contributed by atoms with Crippen molar-refractivity contribution in [2.45, 2.75) is 6.54 Å². The average molecular weight is 434 g/mol. The Morgan fingerprint density at radius 2 is 2.12 bits per heavy atom. The summed E-state index contributed by atoms with van der Waals surface area (Å²) >= 11 is 11.0. The summed E-state index contributed by atoms with van der Waals surface area (Å²) in [5, 5.41) is 0.597. The normalized spacial score (nSPS) is 12.2. The number of carbonyl (C=O) groups excluding carboxylic acids is 1. The standard InChI is InChI=1S/C19H14BrClN2OS/c1-2-11-23-16-9-8-14(20)12-17(16)25-19(23)22-18(24)10-7-13-5-3-4-6-15(13)21/h2-10,12H,1,11H2/b10-7+,22-19?. The maximum atomic E-state index is 12.3. The highest BCUT2D eigenvalue weighted by molar-refractivity contribution is 9.10. The van der Waals surface area contributed by atoms with Gasteiger partial charge in [0, 0.05) is 22.1 Å². The number of benzene rings is 2. The van der Waals surface area contributed by atoms with E-state index in [-0.39, 0.29) is 5.91 Å². The first kappa shape index (κ1) is 17.9. The second kappa shape index (κ2) is 7.95. The van der Waals surface area contributed by atoms with Gasteiger partial charge in [0.25, 0.3) is 5.91 Å². The van der Waals surface area contributed by atoms with Crippen molar-refractivity contribution in [3.8, 4) is 0 Å². The molecule has 0 unspecified atom stereocenters. The Balaban J connectivity index is 1.99. The minimum atomic E-state index is -0.330. The third-order valence-corrected chi connectivity index (χ3v) is 5.35. The molecule has 2 aromatic carbocycles. The van der Waals surface area contributed by atoms with Crippen LogP contribution in [0.1, 0.15) is 5.56 Å². The van der Waals surface area contributed by atoms with E-state index in [1.165, 1.54) is 17.4 Å². The van der Waals surface area contributed by atoms with E-state index in [1.54, 1.807) is 18.2 Å². The fourth-order valence-corrected chi connectivity index (χ4v) is 4.14. The van der Waals surface area contributed by atoms with Crippen molar-refractivity contribution in [1.29, 1.82) is 0 Å². The van der Waals surface area contributed by atoms with Crippen molar-refractivity contribution in [3.05, 3.63) is 81.1 Å². The van der Waals surface area contributed by atoms with Crippen LogP contribution in [-0.4, -0.2) is 10.5 Å². The lowest BCUT2D eigenvalue weighted by atomic mass is 10.2. The Labute approximate surface area is 162 Å². The molecule has 1 aromatic heterocycles. The molecule has 0 fully saturated rings. The summed E-state index contributed by atoms with van der Waals surface area (Å²) in [6.07, 6.45) is 4.90. The first-order valence-electron chi connectivity index (χ1n) is 7.49. The summed E-state index contributed by atoms with van der Waals surface area (Å²) in [4.78, 5) is 17.1. The van der Waals surface area contributed by atoms with Gasteiger partial charge in [-0.2, -0.15) is 4.99 Å². The first-order chi connectivity index (χ1) is 12.1. The van der Waals surface area contributed by atoms with Crippen LogP contribution < -0.4 is 4.80 Å². The second-order valence-corrected chi connectivity index (χ2v) is 7.53. The first-order valence-corrected chi connectivity index (χ1v) is 9.48. The topological polar surface area (TPSA) is 34.4 Å². The van der Waals surface area contributed by atoms with Crippen LogP contribution in [0, 0.1) is 0 Å². The molecule has 1 amide bonds. The monoisotopic (exact) mass is 432 g/mol. The number of halogens is 2. The number of amides is 1. The zero-order valence-corrected chi connectivity index (χ0v) is 16.3. The van der Waals surface area contributed by atoms with Crippen LogP contribution in [0.25, 0.3) is 16.3 Å². The number of thiazole rings is 1. The van der Waals surface area contributed by atoms with Crippen molar-refractivity contribution in [3.63, 3.8) is 0 Å². The molecule has 6 heteroatoms. The van der Waals surface area contributed by atoms with Crippen molar-refractivity contribution >= 4 is 61.1 Å². The Bertz CT molecular complexity index is 1050. The zero-order chi connectivity index (χ0) is 17.8. The lowest BCUT2D eigenvalue weighted by molar-refractivity contribution is -0.113. The molecule has 0 aliphatic carbocycles. The number of carbonyl (C=O) groups is 1. The Hall–Kier alpha value is -1.95. The number of rotatable bonds is 4. The molecule has 0 radical (unpaired) electrons. The molecule has 1 heterocycles. The lowest BCUT2D eigenvalue weighted by Crippen LogP contribution is -2.15. The molecule has 3 rings (SSSR count). The van der Waals surface area contributed by atoms with Gasteiger partial charge in [-0.05, 0) is 35.9 Å². The third-order valence-electron chi connectivity index (χ3n) is 3.47. The SMILES string of the molecule is C=CCn1c(=NC(=O)/C=C/c2ccccc2Cl)sc2cc(Br)ccc21. The van der Waals surface area contributed by atoms with Crippen molar-refractivity contribution < 1.29 is 4.79 Å². The molecule has 0 spiro atoms. The molecule has 0 saturated carbocycles. The summed E-state index contributed by atoms with van der Waals surface area (Å²) in [6.45, 7) is 4.37. The number of fused-ring (bicyclic) bond motifs is 1. The third kappa shape index (κ3) is 4.18. The largest absolute Gasteiger partial charge is 0.312 e. The molecule has 0 saturated heterocycles. The number of allylic oxidation sites excluding steroid dienone is 1. The van der Waals surface area contributed by atoms with Gasteiger partial charge in [-0.25, -0.2) is 0 Å². The molecule has 3 aromatic rings. The maximum Gasteiger partial charge on any atom is 0.272 e. The molecule has 126 valence electrons. The van der Waals surface area contributed by atoms with E-state index in [2.05, 4.69) is 27.5 Å². The Kier molecular flexibility index (Phi) is 5.68. The summed E-state index contributed by atoms with van der Waals surface area (Å²) in [6, 6.07) is 13.3. The molecule has 0 atom stereocenters. The van der Waals surface area contributed by atoms with E-state index in [0.717, 1.165) is 20.3 Å². The minimum absolute atomic E-state index is 0.330. The van der Waals surface area contributed by atoms with Crippen molar-refractivity contribution in [2.75, 3.05) is 0 Å². The van der Waals surface area contributed by atoms with Crippen molar-refractivity contribution in [1.82, 2.24) is 4.57 Å². The highest BCUT2D eigenvalue weighted by Crippen LogP contribution is 2.22. The molecule has 0 aliphatic heterocycles. The summed E-state index contributed by atoms with van der Waals surface area (Å²) in [7, 11) is 0. The van der Waals surface area contributed by atoms with Gasteiger partial charge in [0.15, 0.2) is 4.80 Å². The zero-order valence-electron chi connectivity index (χ0n) is 13.2. The van der Waals surface area contributed by atoms with E-state index in [0.29, 0.717) is 16.4 Å². The number of hydrogen-bond donors (Lipinski definition) is 0. The maximum absolute atomic E-state index is 12.3. The van der Waals surface area contributed by atoms with Gasteiger partial charge < -0.3 is 4.57 Å². The van der Waals surface area contributed by atoms with Gasteiger partial charge in [-0.3, -0.25) is 4.79 Å². The van der Waals surface area contributed by atoms with Crippen LogP contribution in [0.15, 0.2) is 70.7 Å². The van der Waals surface area contributed by atoms with Crippen LogP contribution in [0.5, 0.6) is 0 Å². The van der Waals surface area contributed by atoms with Gasteiger partial charge in [0.2, 0.25) is 0 Å². The molecule has 25 heavy (non-hydrogen) atoms.